The Morgan fingerprint density at radius 2 is 2.17 bits per heavy atom. The first-order chi connectivity index (χ1) is 11.5. The Bertz CT molecular complexity index is 872. The molecule has 3 rings (SSSR count). The van der Waals surface area contributed by atoms with E-state index >= 15 is 0 Å². The predicted molar refractivity (Wildman–Crippen MR) is 91.5 cm³/mol. The molecule has 0 saturated carbocycles. The van der Waals surface area contributed by atoms with Crippen molar-refractivity contribution in [1.29, 1.82) is 0 Å². The van der Waals surface area contributed by atoms with Crippen molar-refractivity contribution in [2.75, 3.05) is 0 Å². The summed E-state index contributed by atoms with van der Waals surface area (Å²) in [6.07, 6.45) is 3.61. The minimum absolute atomic E-state index is 0.0337. The third-order valence-corrected chi connectivity index (χ3v) is 4.00. The van der Waals surface area contributed by atoms with Gasteiger partial charge in [-0.3, -0.25) is 9.48 Å². The molecule has 3 aromatic rings. The predicted octanol–water partition coefficient (Wildman–Crippen LogP) is 2.58. The van der Waals surface area contributed by atoms with Crippen LogP contribution in [0.5, 0.6) is 0 Å². The lowest BCUT2D eigenvalue weighted by Gasteiger charge is -2.18. The zero-order valence-electron chi connectivity index (χ0n) is 13.7. The summed E-state index contributed by atoms with van der Waals surface area (Å²) in [4.78, 5) is 15.6. The topological polar surface area (TPSA) is 80.0 Å². The highest BCUT2D eigenvalue weighted by atomic mass is 16.4. The Labute approximate surface area is 140 Å². The summed E-state index contributed by atoms with van der Waals surface area (Å²) in [7, 11) is 1.86. The zero-order chi connectivity index (χ0) is 17.1. The number of fused-ring (bicyclic) bond motifs is 1. The molecule has 1 unspecified atom stereocenters. The molecule has 0 aliphatic heterocycles. The van der Waals surface area contributed by atoms with E-state index in [1.807, 2.05) is 44.3 Å². The monoisotopic (exact) mass is 324 g/mol. The lowest BCUT2D eigenvalue weighted by molar-refractivity contribution is -0.137. The van der Waals surface area contributed by atoms with Gasteiger partial charge in [0, 0.05) is 31.2 Å². The van der Waals surface area contributed by atoms with E-state index in [2.05, 4.69) is 15.4 Å². The third kappa shape index (κ3) is 3.60. The summed E-state index contributed by atoms with van der Waals surface area (Å²) >= 11 is 0. The van der Waals surface area contributed by atoms with Crippen molar-refractivity contribution in [2.45, 2.75) is 25.9 Å². The molecule has 1 atom stereocenters. The van der Waals surface area contributed by atoms with E-state index in [1.165, 1.54) is 0 Å². The smallest absolute Gasteiger partial charge is 0.305 e. The lowest BCUT2D eigenvalue weighted by Crippen LogP contribution is -2.23. The van der Waals surface area contributed by atoms with Crippen molar-refractivity contribution in [3.63, 3.8) is 0 Å². The molecule has 0 amide bonds. The van der Waals surface area contributed by atoms with E-state index in [1.54, 1.807) is 17.1 Å². The number of carboxylic acids is 1. The maximum atomic E-state index is 11.2. The van der Waals surface area contributed by atoms with Gasteiger partial charge in [0.05, 0.1) is 12.6 Å². The third-order valence-electron chi connectivity index (χ3n) is 4.00. The van der Waals surface area contributed by atoms with Crippen LogP contribution in [0.15, 0.2) is 42.7 Å². The summed E-state index contributed by atoms with van der Waals surface area (Å²) in [5.74, 6) is -0.824. The van der Waals surface area contributed by atoms with Crippen LogP contribution in [0.4, 0.5) is 0 Å². The SMILES string of the molecule is Cc1cccc(C(CC(=O)O)NCc2cnc3c(cnn3C)c2)c1. The first-order valence-electron chi connectivity index (χ1n) is 7.81. The molecule has 124 valence electrons. The number of rotatable bonds is 6. The van der Waals surface area contributed by atoms with Crippen LogP contribution in [0.25, 0.3) is 11.0 Å². The fourth-order valence-electron chi connectivity index (χ4n) is 2.80. The van der Waals surface area contributed by atoms with Gasteiger partial charge in [0.1, 0.15) is 0 Å². The van der Waals surface area contributed by atoms with Crippen molar-refractivity contribution >= 4 is 17.0 Å². The van der Waals surface area contributed by atoms with Gasteiger partial charge in [-0.1, -0.05) is 29.8 Å². The van der Waals surface area contributed by atoms with Crippen molar-refractivity contribution in [1.82, 2.24) is 20.1 Å². The summed E-state index contributed by atoms with van der Waals surface area (Å²) < 4.78 is 1.73. The van der Waals surface area contributed by atoms with Crippen LogP contribution in [0.2, 0.25) is 0 Å². The Morgan fingerprint density at radius 3 is 2.92 bits per heavy atom. The number of nitrogens with zero attached hydrogens (tertiary/aromatic N) is 3. The normalized spacial score (nSPS) is 12.4. The molecule has 24 heavy (non-hydrogen) atoms. The molecule has 0 saturated heterocycles. The van der Waals surface area contributed by atoms with Crippen LogP contribution >= 0.6 is 0 Å². The van der Waals surface area contributed by atoms with Crippen molar-refractivity contribution < 1.29 is 9.90 Å². The number of aliphatic carboxylic acids is 1. The molecule has 1 aromatic carbocycles. The van der Waals surface area contributed by atoms with Crippen molar-refractivity contribution in [2.24, 2.45) is 7.05 Å². The fraction of sp³-hybridized carbons (Fsp3) is 0.278. The average molecular weight is 324 g/mol. The van der Waals surface area contributed by atoms with Gasteiger partial charge in [-0.05, 0) is 24.1 Å². The summed E-state index contributed by atoms with van der Waals surface area (Å²) in [6, 6.07) is 9.70. The molecule has 0 bridgehead atoms. The lowest BCUT2D eigenvalue weighted by atomic mass is 10.0. The number of carbonyl (C=O) groups is 1. The van der Waals surface area contributed by atoms with Gasteiger partial charge in [-0.25, -0.2) is 4.98 Å². The molecule has 0 aliphatic rings. The van der Waals surface area contributed by atoms with Gasteiger partial charge in [-0.2, -0.15) is 5.10 Å². The highest BCUT2D eigenvalue weighted by Crippen LogP contribution is 2.19. The fourth-order valence-corrected chi connectivity index (χ4v) is 2.80. The minimum Gasteiger partial charge on any atom is -0.481 e. The maximum absolute atomic E-state index is 11.2. The Balaban J connectivity index is 1.77. The summed E-state index contributed by atoms with van der Waals surface area (Å²) in [5.41, 5.74) is 3.93. The van der Waals surface area contributed by atoms with Crippen LogP contribution in [-0.4, -0.2) is 25.8 Å². The second kappa shape index (κ2) is 6.80. The van der Waals surface area contributed by atoms with E-state index in [9.17, 15) is 9.90 Å². The van der Waals surface area contributed by atoms with Crippen molar-refractivity contribution in [3.05, 3.63) is 59.4 Å². The Hall–Kier alpha value is -2.73. The van der Waals surface area contributed by atoms with Crippen LogP contribution in [0, 0.1) is 6.92 Å². The molecule has 2 N–H and O–H groups in total. The number of aromatic nitrogens is 3. The van der Waals surface area contributed by atoms with Gasteiger partial charge in [0.2, 0.25) is 0 Å². The molecule has 0 spiro atoms. The van der Waals surface area contributed by atoms with Crippen molar-refractivity contribution in [3.8, 4) is 0 Å². The second-order valence-electron chi connectivity index (χ2n) is 5.97. The van der Waals surface area contributed by atoms with Crippen LogP contribution in [0.1, 0.15) is 29.2 Å². The largest absolute Gasteiger partial charge is 0.481 e. The maximum Gasteiger partial charge on any atom is 0.305 e. The standard InChI is InChI=1S/C18H20N4O2/c1-12-4-3-5-14(6-12)16(8-17(23)24)19-9-13-7-15-11-21-22(2)18(15)20-10-13/h3-7,10-11,16,19H,8-9H2,1-2H3,(H,23,24). The van der Waals surface area contributed by atoms with Gasteiger partial charge in [0.15, 0.2) is 5.65 Å². The van der Waals surface area contributed by atoms with Crippen LogP contribution < -0.4 is 5.32 Å². The molecule has 2 aromatic heterocycles. The highest BCUT2D eigenvalue weighted by Gasteiger charge is 2.15. The number of nitrogens with one attached hydrogen (secondary N) is 1. The van der Waals surface area contributed by atoms with Gasteiger partial charge in [0.25, 0.3) is 0 Å². The van der Waals surface area contributed by atoms with Crippen LogP contribution in [-0.2, 0) is 18.4 Å². The van der Waals surface area contributed by atoms with Gasteiger partial charge < -0.3 is 10.4 Å². The Kier molecular flexibility index (Phi) is 4.57. The van der Waals surface area contributed by atoms with E-state index < -0.39 is 5.97 Å². The molecule has 6 heteroatoms. The number of hydrogen-bond donors (Lipinski definition) is 2. The summed E-state index contributed by atoms with van der Waals surface area (Å²) in [6.45, 7) is 2.55. The highest BCUT2D eigenvalue weighted by molar-refractivity contribution is 5.74. The molecule has 6 nitrogen and oxygen atoms in total. The molecule has 0 fully saturated rings. The number of benzene rings is 1. The Morgan fingerprint density at radius 1 is 1.33 bits per heavy atom. The van der Waals surface area contributed by atoms with Gasteiger partial charge in [-0.15, -0.1) is 0 Å². The number of aryl methyl sites for hydroxylation is 2. The van der Waals surface area contributed by atoms with Gasteiger partial charge >= 0.3 is 5.97 Å². The minimum atomic E-state index is -0.824. The quantitative estimate of drug-likeness (QED) is 0.728. The second-order valence-corrected chi connectivity index (χ2v) is 5.97. The zero-order valence-corrected chi connectivity index (χ0v) is 13.7. The molecular formula is C18H20N4O2. The van der Waals surface area contributed by atoms with E-state index in [-0.39, 0.29) is 12.5 Å². The van der Waals surface area contributed by atoms with Crippen LogP contribution in [0.3, 0.4) is 0 Å². The first-order valence-corrected chi connectivity index (χ1v) is 7.81. The summed E-state index contributed by atoms with van der Waals surface area (Å²) in [5, 5.41) is 17.7. The van der Waals surface area contributed by atoms with E-state index in [0.29, 0.717) is 6.54 Å². The number of carboxylic acid groups (broad SMARTS) is 1. The molecule has 0 radical (unpaired) electrons. The van der Waals surface area contributed by atoms with E-state index in [0.717, 1.165) is 27.7 Å². The number of hydrogen-bond acceptors (Lipinski definition) is 4. The molecular weight excluding hydrogens is 304 g/mol. The molecule has 0 aliphatic carbocycles. The molecule has 2 heterocycles. The average Bonchev–Trinajstić information content (AvgIpc) is 2.92. The first kappa shape index (κ1) is 16.1. The van der Waals surface area contributed by atoms with E-state index in [4.69, 9.17) is 0 Å². The number of pyridine rings is 1.